The third-order valence-electron chi connectivity index (χ3n) is 4.38. The third-order valence-corrected chi connectivity index (χ3v) is 4.38. The summed E-state index contributed by atoms with van der Waals surface area (Å²) >= 11 is 0. The van der Waals surface area contributed by atoms with E-state index in [9.17, 15) is 10.1 Å². The van der Waals surface area contributed by atoms with Gasteiger partial charge in [0.15, 0.2) is 11.5 Å². The molecule has 5 nitrogen and oxygen atoms in total. The molecule has 5 heteroatoms. The van der Waals surface area contributed by atoms with Crippen molar-refractivity contribution in [3.05, 3.63) is 23.8 Å². The highest BCUT2D eigenvalue weighted by Crippen LogP contribution is 2.35. The number of benzene rings is 1. The quantitative estimate of drug-likeness (QED) is 0.911. The molecule has 0 unspecified atom stereocenters. The van der Waals surface area contributed by atoms with Gasteiger partial charge in [0.1, 0.15) is 18.8 Å². The largest absolute Gasteiger partial charge is 0.486 e. The molecule has 1 saturated carbocycles. The van der Waals surface area contributed by atoms with Gasteiger partial charge in [-0.15, -0.1) is 0 Å². The number of carbonyl (C=O) groups is 1. The summed E-state index contributed by atoms with van der Waals surface area (Å²) in [5.74, 6) is 1.24. The van der Waals surface area contributed by atoms with Gasteiger partial charge in [-0.3, -0.25) is 4.79 Å². The molecule has 1 aliphatic carbocycles. The molecule has 1 fully saturated rings. The first kappa shape index (κ1) is 14.7. The SMILES string of the molecule is C[C@@H]1CCC[C@@](C#N)(NC(=O)c2cccc3c2OCCO3)C1. The van der Waals surface area contributed by atoms with E-state index in [1.165, 1.54) is 0 Å². The van der Waals surface area contributed by atoms with Crippen molar-refractivity contribution in [2.24, 2.45) is 5.92 Å². The Balaban J connectivity index is 1.84. The Morgan fingerprint density at radius 2 is 2.23 bits per heavy atom. The van der Waals surface area contributed by atoms with Crippen molar-refractivity contribution in [2.75, 3.05) is 13.2 Å². The summed E-state index contributed by atoms with van der Waals surface area (Å²) < 4.78 is 11.1. The lowest BCUT2D eigenvalue weighted by molar-refractivity contribution is 0.0880. The normalized spacial score (nSPS) is 26.8. The second kappa shape index (κ2) is 5.88. The van der Waals surface area contributed by atoms with E-state index < -0.39 is 5.54 Å². The zero-order valence-electron chi connectivity index (χ0n) is 12.7. The van der Waals surface area contributed by atoms with Crippen LogP contribution in [0.3, 0.4) is 0 Å². The molecule has 3 rings (SSSR count). The maximum Gasteiger partial charge on any atom is 0.256 e. The highest BCUT2D eigenvalue weighted by atomic mass is 16.6. The lowest BCUT2D eigenvalue weighted by Crippen LogP contribution is -2.50. The smallest absolute Gasteiger partial charge is 0.256 e. The molecule has 1 amide bonds. The number of rotatable bonds is 2. The van der Waals surface area contributed by atoms with Crippen molar-refractivity contribution in [1.82, 2.24) is 5.32 Å². The van der Waals surface area contributed by atoms with Gasteiger partial charge < -0.3 is 14.8 Å². The minimum Gasteiger partial charge on any atom is -0.486 e. The molecule has 1 N–H and O–H groups in total. The second-order valence-electron chi connectivity index (χ2n) is 6.18. The summed E-state index contributed by atoms with van der Waals surface area (Å²) in [6.45, 7) is 3.04. The molecule has 2 atom stereocenters. The highest BCUT2D eigenvalue weighted by molar-refractivity contribution is 5.98. The van der Waals surface area contributed by atoms with E-state index in [2.05, 4.69) is 18.3 Å². The number of para-hydroxylation sites is 1. The lowest BCUT2D eigenvalue weighted by Gasteiger charge is -2.35. The van der Waals surface area contributed by atoms with Crippen LogP contribution in [0.25, 0.3) is 0 Å². The number of nitrogens with zero attached hydrogens (tertiary/aromatic N) is 1. The molecule has 0 bridgehead atoms. The molecule has 0 radical (unpaired) electrons. The minimum atomic E-state index is -0.771. The molecule has 1 aliphatic heterocycles. The number of hydrogen-bond donors (Lipinski definition) is 1. The van der Waals surface area contributed by atoms with Gasteiger partial charge >= 0.3 is 0 Å². The Morgan fingerprint density at radius 3 is 3.00 bits per heavy atom. The van der Waals surface area contributed by atoms with E-state index in [4.69, 9.17) is 9.47 Å². The van der Waals surface area contributed by atoms with Crippen LogP contribution >= 0.6 is 0 Å². The molecule has 0 saturated heterocycles. The number of amides is 1. The monoisotopic (exact) mass is 300 g/mol. The zero-order chi connectivity index (χ0) is 15.6. The van der Waals surface area contributed by atoms with Gasteiger partial charge in [-0.05, 0) is 37.3 Å². The van der Waals surface area contributed by atoms with Gasteiger partial charge in [0.05, 0.1) is 11.6 Å². The Hall–Kier alpha value is -2.22. The van der Waals surface area contributed by atoms with E-state index in [-0.39, 0.29) is 5.91 Å². The molecule has 0 spiro atoms. The molecule has 22 heavy (non-hydrogen) atoms. The number of nitriles is 1. The maximum absolute atomic E-state index is 12.7. The van der Waals surface area contributed by atoms with Crippen molar-refractivity contribution in [2.45, 2.75) is 38.1 Å². The van der Waals surface area contributed by atoms with Gasteiger partial charge in [-0.1, -0.05) is 19.4 Å². The summed E-state index contributed by atoms with van der Waals surface area (Å²) in [7, 11) is 0. The van der Waals surface area contributed by atoms with Gasteiger partial charge in [0.2, 0.25) is 0 Å². The molecule has 2 aliphatic rings. The van der Waals surface area contributed by atoms with Crippen LogP contribution < -0.4 is 14.8 Å². The van der Waals surface area contributed by atoms with Crippen LogP contribution in [0.2, 0.25) is 0 Å². The van der Waals surface area contributed by atoms with Crippen LogP contribution in [0, 0.1) is 17.2 Å². The Bertz CT molecular complexity index is 623. The molecule has 1 aromatic carbocycles. The van der Waals surface area contributed by atoms with Crippen LogP contribution in [0.1, 0.15) is 43.0 Å². The summed E-state index contributed by atoms with van der Waals surface area (Å²) in [5, 5.41) is 12.5. The first-order valence-electron chi connectivity index (χ1n) is 7.76. The fourth-order valence-corrected chi connectivity index (χ4v) is 3.33. The molecule has 1 aromatic rings. The van der Waals surface area contributed by atoms with E-state index >= 15 is 0 Å². The lowest BCUT2D eigenvalue weighted by atomic mass is 9.77. The van der Waals surface area contributed by atoms with Gasteiger partial charge in [0.25, 0.3) is 5.91 Å². The predicted molar refractivity (Wildman–Crippen MR) is 80.9 cm³/mol. The van der Waals surface area contributed by atoms with Crippen molar-refractivity contribution >= 4 is 5.91 Å². The van der Waals surface area contributed by atoms with Crippen LogP contribution in [-0.2, 0) is 0 Å². The summed E-state index contributed by atoms with van der Waals surface area (Å²) in [5.41, 5.74) is -0.336. The number of hydrogen-bond acceptors (Lipinski definition) is 4. The Morgan fingerprint density at radius 1 is 1.41 bits per heavy atom. The van der Waals surface area contributed by atoms with Gasteiger partial charge in [0, 0.05) is 0 Å². The highest BCUT2D eigenvalue weighted by Gasteiger charge is 2.37. The van der Waals surface area contributed by atoms with Crippen LogP contribution in [0.15, 0.2) is 18.2 Å². The summed E-state index contributed by atoms with van der Waals surface area (Å²) in [4.78, 5) is 12.7. The van der Waals surface area contributed by atoms with E-state index in [1.54, 1.807) is 18.2 Å². The number of fused-ring (bicyclic) bond motifs is 1. The van der Waals surface area contributed by atoms with Gasteiger partial charge in [-0.2, -0.15) is 5.26 Å². The summed E-state index contributed by atoms with van der Waals surface area (Å²) in [6, 6.07) is 7.59. The van der Waals surface area contributed by atoms with Crippen molar-refractivity contribution in [1.29, 1.82) is 5.26 Å². The standard InChI is InChI=1S/C17H20N2O3/c1-12-4-3-7-17(10-12,11-18)19-16(20)13-5-2-6-14-15(13)22-9-8-21-14/h2,5-6,12H,3-4,7-10H2,1H3,(H,19,20)/t12-,17-/m1/s1. The molecule has 1 heterocycles. The average molecular weight is 300 g/mol. The number of nitrogens with one attached hydrogen (secondary N) is 1. The average Bonchev–Trinajstić information content (AvgIpc) is 2.54. The summed E-state index contributed by atoms with van der Waals surface area (Å²) in [6.07, 6.45) is 3.46. The Kier molecular flexibility index (Phi) is 3.93. The fourth-order valence-electron chi connectivity index (χ4n) is 3.33. The van der Waals surface area contributed by atoms with E-state index in [0.717, 1.165) is 12.8 Å². The van der Waals surface area contributed by atoms with Crippen LogP contribution in [0.4, 0.5) is 0 Å². The Labute approximate surface area is 130 Å². The molecular formula is C17H20N2O3. The van der Waals surface area contributed by atoms with E-state index in [1.807, 2.05) is 0 Å². The first-order valence-corrected chi connectivity index (χ1v) is 7.76. The zero-order valence-corrected chi connectivity index (χ0v) is 12.7. The van der Waals surface area contributed by atoms with Crippen LogP contribution in [0.5, 0.6) is 11.5 Å². The molecular weight excluding hydrogens is 280 g/mol. The number of carbonyl (C=O) groups excluding carboxylic acids is 1. The fraction of sp³-hybridized carbons (Fsp3) is 0.529. The molecule has 0 aromatic heterocycles. The predicted octanol–water partition coefficient (Wildman–Crippen LogP) is 2.66. The second-order valence-corrected chi connectivity index (χ2v) is 6.18. The van der Waals surface area contributed by atoms with Crippen molar-refractivity contribution in [3.8, 4) is 17.6 Å². The molecule has 116 valence electrons. The van der Waals surface area contributed by atoms with Crippen molar-refractivity contribution < 1.29 is 14.3 Å². The van der Waals surface area contributed by atoms with Crippen LogP contribution in [-0.4, -0.2) is 24.7 Å². The topological polar surface area (TPSA) is 71.4 Å². The maximum atomic E-state index is 12.7. The van der Waals surface area contributed by atoms with Crippen molar-refractivity contribution in [3.63, 3.8) is 0 Å². The van der Waals surface area contributed by atoms with Gasteiger partial charge in [-0.25, -0.2) is 0 Å². The third kappa shape index (κ3) is 2.74. The van der Waals surface area contributed by atoms with E-state index in [0.29, 0.717) is 49.0 Å². The number of ether oxygens (including phenoxy) is 2. The minimum absolute atomic E-state index is 0.266. The first-order chi connectivity index (χ1) is 10.6.